The molecule has 0 saturated heterocycles. The minimum absolute atomic E-state index is 0.0347. The van der Waals surface area contributed by atoms with Gasteiger partial charge in [-0.05, 0) is 61.2 Å². The zero-order valence-corrected chi connectivity index (χ0v) is 20.9. The summed E-state index contributed by atoms with van der Waals surface area (Å²) in [4.78, 5) is 40.6. The Labute approximate surface area is 218 Å². The van der Waals surface area contributed by atoms with E-state index in [9.17, 15) is 34.8 Å². The number of aliphatic hydroxyl groups excluding tert-OH is 2. The lowest BCUT2D eigenvalue weighted by Crippen LogP contribution is -2.65. The van der Waals surface area contributed by atoms with Crippen LogP contribution in [0.4, 0.5) is 0 Å². The first-order valence-electron chi connectivity index (χ1n) is 12.2. The number of carbonyl (C=O) groups excluding carboxylic acids is 3. The summed E-state index contributed by atoms with van der Waals surface area (Å²) in [5.74, 6) is -6.71. The number of fused-ring (bicyclic) bond motifs is 3. The van der Waals surface area contributed by atoms with E-state index in [1.165, 1.54) is 11.0 Å². The first-order chi connectivity index (χ1) is 17.9. The van der Waals surface area contributed by atoms with Crippen molar-refractivity contribution in [2.45, 2.75) is 31.0 Å². The van der Waals surface area contributed by atoms with Crippen LogP contribution in [-0.2, 0) is 27.3 Å². The summed E-state index contributed by atoms with van der Waals surface area (Å²) in [6.45, 7) is 0.375. The van der Waals surface area contributed by atoms with Gasteiger partial charge in [0.15, 0.2) is 11.4 Å². The van der Waals surface area contributed by atoms with E-state index in [1.54, 1.807) is 20.2 Å². The van der Waals surface area contributed by atoms with Crippen LogP contribution in [-0.4, -0.2) is 68.5 Å². The number of hydrogen-bond donors (Lipinski definition) is 6. The molecule has 0 spiro atoms. The van der Waals surface area contributed by atoms with Crippen molar-refractivity contribution in [3.8, 4) is 16.9 Å². The summed E-state index contributed by atoms with van der Waals surface area (Å²) in [7, 11) is 3.13. The average molecular weight is 520 g/mol. The Balaban J connectivity index is 1.72. The van der Waals surface area contributed by atoms with E-state index >= 15 is 0 Å². The fourth-order valence-corrected chi connectivity index (χ4v) is 6.33. The van der Waals surface area contributed by atoms with Crippen LogP contribution in [0.15, 0.2) is 53.3 Å². The predicted octanol–water partition coefficient (Wildman–Crippen LogP) is 1.09. The van der Waals surface area contributed by atoms with Gasteiger partial charge in [0.05, 0.1) is 11.6 Å². The molecular weight excluding hydrogens is 490 g/mol. The van der Waals surface area contributed by atoms with E-state index in [4.69, 9.17) is 11.5 Å². The number of benzene rings is 2. The van der Waals surface area contributed by atoms with Crippen LogP contribution in [0.3, 0.4) is 0 Å². The van der Waals surface area contributed by atoms with E-state index in [1.807, 2.05) is 24.3 Å². The van der Waals surface area contributed by atoms with Gasteiger partial charge < -0.3 is 31.9 Å². The lowest BCUT2D eigenvalue weighted by atomic mass is 9.57. The average Bonchev–Trinajstić information content (AvgIpc) is 2.86. The largest absolute Gasteiger partial charge is 0.508 e. The second kappa shape index (κ2) is 8.80. The van der Waals surface area contributed by atoms with Crippen LogP contribution >= 0.6 is 0 Å². The van der Waals surface area contributed by atoms with Gasteiger partial charge in [-0.15, -0.1) is 0 Å². The van der Waals surface area contributed by atoms with Gasteiger partial charge in [-0.1, -0.05) is 30.3 Å². The highest BCUT2D eigenvalue weighted by Crippen LogP contribution is 2.53. The van der Waals surface area contributed by atoms with Crippen LogP contribution in [0.25, 0.3) is 16.9 Å². The molecule has 10 heteroatoms. The molecule has 3 aliphatic rings. The number of carbonyl (C=O) groups is 3. The summed E-state index contributed by atoms with van der Waals surface area (Å²) >= 11 is 0. The van der Waals surface area contributed by atoms with Gasteiger partial charge in [-0.3, -0.25) is 19.3 Å². The van der Waals surface area contributed by atoms with Gasteiger partial charge in [-0.2, -0.15) is 0 Å². The number of primary amides is 1. The molecule has 0 radical (unpaired) electrons. The third-order valence-corrected chi connectivity index (χ3v) is 8.10. The zero-order chi connectivity index (χ0) is 27.7. The zero-order valence-electron chi connectivity index (χ0n) is 20.9. The normalized spacial score (nSPS) is 26.8. The SMILES string of the molecule is CN(C)[C@@H]1C(=O)C(C(N)=O)=C(O)[C@@]2(O)C(=O)C3=C(O)c4c(O)ccc(-c5ccc(CN)cc5)c4C[C@H]3C[C@@H]12. The molecule has 38 heavy (non-hydrogen) atoms. The minimum Gasteiger partial charge on any atom is -0.508 e. The molecule has 3 aliphatic carbocycles. The Morgan fingerprint density at radius 1 is 1.08 bits per heavy atom. The molecule has 0 bridgehead atoms. The molecular formula is C28H29N3O7. The van der Waals surface area contributed by atoms with Gasteiger partial charge in [0.2, 0.25) is 5.78 Å². The number of nitrogens with two attached hydrogens (primary N) is 2. The number of nitrogens with zero attached hydrogens (tertiary/aromatic N) is 1. The Hall–Kier alpha value is -3.99. The van der Waals surface area contributed by atoms with Crippen molar-refractivity contribution in [2.24, 2.45) is 23.3 Å². The van der Waals surface area contributed by atoms with Gasteiger partial charge in [-0.25, -0.2) is 0 Å². The molecule has 0 aliphatic heterocycles. The van der Waals surface area contributed by atoms with Crippen molar-refractivity contribution in [3.05, 3.63) is 70.0 Å². The molecule has 0 aromatic heterocycles. The fraction of sp³-hybridized carbons (Fsp3) is 0.321. The number of phenolic OH excluding ortho intramolecular Hbond substituents is 1. The third kappa shape index (κ3) is 3.41. The number of aromatic hydroxyl groups is 1. The van der Waals surface area contributed by atoms with Crippen molar-refractivity contribution < 1.29 is 34.8 Å². The van der Waals surface area contributed by atoms with E-state index < -0.39 is 58.0 Å². The highest BCUT2D eigenvalue weighted by Gasteiger charge is 2.64. The molecule has 5 rings (SSSR count). The smallest absolute Gasteiger partial charge is 0.255 e. The minimum atomic E-state index is -2.66. The van der Waals surface area contributed by atoms with Crippen LogP contribution < -0.4 is 11.5 Å². The second-order valence-electron chi connectivity index (χ2n) is 10.3. The van der Waals surface area contributed by atoms with Crippen molar-refractivity contribution in [3.63, 3.8) is 0 Å². The molecule has 2 aromatic rings. The summed E-state index contributed by atoms with van der Waals surface area (Å²) in [5, 5.41) is 44.7. The van der Waals surface area contributed by atoms with Crippen molar-refractivity contribution in [2.75, 3.05) is 14.1 Å². The summed E-state index contributed by atoms with van der Waals surface area (Å²) < 4.78 is 0. The molecule has 10 nitrogen and oxygen atoms in total. The third-order valence-electron chi connectivity index (χ3n) is 8.10. The quantitative estimate of drug-likeness (QED) is 0.321. The van der Waals surface area contributed by atoms with Gasteiger partial charge in [0.25, 0.3) is 5.91 Å². The molecule has 1 fully saturated rings. The summed E-state index contributed by atoms with van der Waals surface area (Å²) in [5.41, 5.74) is 10.6. The predicted molar refractivity (Wildman–Crippen MR) is 138 cm³/mol. The highest BCUT2D eigenvalue weighted by atomic mass is 16.3. The molecule has 8 N–H and O–H groups in total. The molecule has 4 atom stereocenters. The number of ketones is 2. The highest BCUT2D eigenvalue weighted by molar-refractivity contribution is 6.24. The van der Waals surface area contributed by atoms with Gasteiger partial charge in [0.1, 0.15) is 22.8 Å². The van der Waals surface area contributed by atoms with Gasteiger partial charge >= 0.3 is 0 Å². The van der Waals surface area contributed by atoms with E-state index in [0.717, 1.165) is 16.7 Å². The fourth-order valence-electron chi connectivity index (χ4n) is 6.33. The number of rotatable bonds is 4. The van der Waals surface area contributed by atoms with Crippen molar-refractivity contribution in [1.82, 2.24) is 4.90 Å². The number of aliphatic hydroxyl groups is 3. The molecule has 1 saturated carbocycles. The molecule has 198 valence electrons. The number of phenols is 1. The number of likely N-dealkylation sites (N-methyl/N-ethyl adjacent to an activating group) is 1. The lowest BCUT2D eigenvalue weighted by Gasteiger charge is -2.50. The van der Waals surface area contributed by atoms with E-state index in [2.05, 4.69) is 0 Å². The maximum atomic E-state index is 13.9. The molecule has 0 heterocycles. The van der Waals surface area contributed by atoms with Gasteiger partial charge in [0, 0.05) is 18.0 Å². The van der Waals surface area contributed by atoms with Crippen LogP contribution in [0.5, 0.6) is 5.75 Å². The standard InChI is InChI=1S/C28H29N3O7/c1-31(2)22-17-10-14-9-16-15(13-5-3-12(11-29)4-6-13)7-8-18(32)20(16)23(33)19(14)25(35)28(17,38)26(36)21(24(22)34)27(30)37/h3-8,14,17,22,32-33,36,38H,9-11,29H2,1-2H3,(H2,30,37)/t14-,17-,22-,28-/m0/s1. The second-order valence-corrected chi connectivity index (χ2v) is 10.3. The van der Waals surface area contributed by atoms with E-state index in [0.29, 0.717) is 12.1 Å². The Bertz CT molecular complexity index is 1460. The molecule has 0 unspecified atom stereocenters. The Kier molecular flexibility index (Phi) is 5.94. The lowest BCUT2D eigenvalue weighted by molar-refractivity contribution is -0.153. The van der Waals surface area contributed by atoms with Crippen LogP contribution in [0, 0.1) is 11.8 Å². The first-order valence-corrected chi connectivity index (χ1v) is 12.2. The Morgan fingerprint density at radius 2 is 1.74 bits per heavy atom. The van der Waals surface area contributed by atoms with E-state index in [-0.39, 0.29) is 29.7 Å². The summed E-state index contributed by atoms with van der Waals surface area (Å²) in [6.07, 6.45) is 0.254. The number of Topliss-reactive ketones (excluding diaryl/α,β-unsaturated/α-hetero) is 2. The summed E-state index contributed by atoms with van der Waals surface area (Å²) in [6, 6.07) is 9.53. The van der Waals surface area contributed by atoms with Crippen LogP contribution in [0.2, 0.25) is 0 Å². The number of hydrogen-bond acceptors (Lipinski definition) is 9. The maximum absolute atomic E-state index is 13.9. The van der Waals surface area contributed by atoms with Crippen LogP contribution in [0.1, 0.15) is 23.1 Å². The Morgan fingerprint density at radius 3 is 2.32 bits per heavy atom. The first kappa shape index (κ1) is 25.7. The molecule has 1 amide bonds. The van der Waals surface area contributed by atoms with Crippen molar-refractivity contribution in [1.29, 1.82) is 0 Å². The van der Waals surface area contributed by atoms with Crippen molar-refractivity contribution >= 4 is 23.2 Å². The number of amides is 1. The topological polar surface area (TPSA) is 187 Å². The molecule has 2 aromatic carbocycles. The maximum Gasteiger partial charge on any atom is 0.255 e. The monoisotopic (exact) mass is 519 g/mol.